The molecule has 0 saturated carbocycles. The van der Waals surface area contributed by atoms with Gasteiger partial charge < -0.3 is 20.1 Å². The molecule has 0 radical (unpaired) electrons. The summed E-state index contributed by atoms with van der Waals surface area (Å²) in [5.74, 6) is 1.12. The van der Waals surface area contributed by atoms with E-state index in [1.165, 1.54) is 16.7 Å². The molecule has 0 aromatic heterocycles. The van der Waals surface area contributed by atoms with Crippen molar-refractivity contribution in [2.45, 2.75) is 125 Å². The van der Waals surface area contributed by atoms with Gasteiger partial charge in [-0.2, -0.15) is 0 Å². The third-order valence-electron chi connectivity index (χ3n) is 8.85. The van der Waals surface area contributed by atoms with E-state index < -0.39 is 0 Å². The summed E-state index contributed by atoms with van der Waals surface area (Å²) >= 11 is 0. The number of ether oxygens (including phenoxy) is 1. The van der Waals surface area contributed by atoms with Crippen molar-refractivity contribution in [1.29, 1.82) is 0 Å². The lowest BCUT2D eigenvalue weighted by Gasteiger charge is -2.32. The van der Waals surface area contributed by atoms with Crippen LogP contribution < -0.4 is 4.74 Å². The Morgan fingerprint density at radius 2 is 1.70 bits per heavy atom. The maximum Gasteiger partial charge on any atom is 0.172 e. The molecule has 3 rings (SSSR count). The predicted molar refractivity (Wildman–Crippen MR) is 185 cm³/mol. The molecule has 4 heteroatoms. The van der Waals surface area contributed by atoms with Gasteiger partial charge >= 0.3 is 0 Å². The SMILES string of the molecule is C=C(C)[C@@H]1CCC(C)=C[C@H]1c1c(O)cc(CCC)c(Oc2cc(CCCCC)cc(O)c2C/C=C(\C)CCC=C(C)C)c1O. The Bertz CT molecular complexity index is 1390. The van der Waals surface area contributed by atoms with Crippen molar-refractivity contribution >= 4 is 0 Å². The summed E-state index contributed by atoms with van der Waals surface area (Å²) in [6.45, 7) is 19.0. The highest BCUT2D eigenvalue weighted by atomic mass is 16.5. The molecule has 1 aliphatic carbocycles. The summed E-state index contributed by atoms with van der Waals surface area (Å²) in [5, 5.41) is 34.5. The van der Waals surface area contributed by atoms with Crippen LogP contribution in [0.25, 0.3) is 0 Å². The van der Waals surface area contributed by atoms with Crippen molar-refractivity contribution in [1.82, 2.24) is 0 Å². The van der Waals surface area contributed by atoms with Crippen LogP contribution in [0, 0.1) is 5.92 Å². The van der Waals surface area contributed by atoms with Crippen LogP contribution in [0.5, 0.6) is 28.7 Å². The second-order valence-electron chi connectivity index (χ2n) is 13.2. The van der Waals surface area contributed by atoms with Crippen LogP contribution in [-0.4, -0.2) is 15.3 Å². The Kier molecular flexibility index (Phi) is 13.2. The van der Waals surface area contributed by atoms with E-state index in [1.807, 2.05) is 19.1 Å². The maximum atomic E-state index is 11.9. The number of unbranched alkanes of at least 4 members (excludes halogenated alkanes) is 2. The van der Waals surface area contributed by atoms with Crippen LogP contribution in [0.1, 0.15) is 128 Å². The Hall–Kier alpha value is -3.40. The molecule has 0 bridgehead atoms. The molecule has 44 heavy (non-hydrogen) atoms. The van der Waals surface area contributed by atoms with Crippen molar-refractivity contribution in [2.24, 2.45) is 5.92 Å². The fraction of sp³-hybridized carbons (Fsp3) is 0.500. The molecule has 0 heterocycles. The molecule has 1 aliphatic rings. The van der Waals surface area contributed by atoms with Gasteiger partial charge in [0.1, 0.15) is 17.2 Å². The lowest BCUT2D eigenvalue weighted by atomic mass is 9.73. The predicted octanol–water partition coefficient (Wildman–Crippen LogP) is 11.5. The number of aryl methyl sites for hydroxylation is 2. The van der Waals surface area contributed by atoms with Gasteiger partial charge in [0, 0.05) is 22.6 Å². The smallest absolute Gasteiger partial charge is 0.172 e. The van der Waals surface area contributed by atoms with E-state index in [2.05, 4.69) is 66.3 Å². The molecule has 0 unspecified atom stereocenters. The normalized spacial score (nSPS) is 16.9. The zero-order valence-electron chi connectivity index (χ0n) is 28.4. The van der Waals surface area contributed by atoms with Crippen LogP contribution in [0.15, 0.2) is 65.3 Å². The van der Waals surface area contributed by atoms with E-state index in [0.29, 0.717) is 35.5 Å². The largest absolute Gasteiger partial charge is 0.508 e. The Balaban J connectivity index is 2.14. The van der Waals surface area contributed by atoms with Crippen molar-refractivity contribution in [3.63, 3.8) is 0 Å². The molecule has 4 nitrogen and oxygen atoms in total. The number of phenols is 3. The van der Waals surface area contributed by atoms with Crippen molar-refractivity contribution in [3.05, 3.63) is 87.6 Å². The second-order valence-corrected chi connectivity index (χ2v) is 13.2. The average Bonchev–Trinajstić information content (AvgIpc) is 2.94. The molecule has 3 N–H and O–H groups in total. The van der Waals surface area contributed by atoms with Gasteiger partial charge in [0.15, 0.2) is 11.5 Å². The van der Waals surface area contributed by atoms with E-state index in [0.717, 1.165) is 74.5 Å². The lowest BCUT2D eigenvalue weighted by molar-refractivity contribution is 0.373. The standard InChI is InChI=1S/C40H56O4/c1-9-11-12-17-30-23-35(41)33(21-18-28(7)16-13-15-26(3)4)37(24-30)44-40-31(14-10-2)25-36(42)38(39(40)43)34-22-29(8)19-20-32(34)27(5)6/h15,18,22-25,32,34,41-43H,5,9-14,16-17,19-21H2,1-4,6-8H3/b28-18+/t32-,34+/m0/s1. The summed E-state index contributed by atoms with van der Waals surface area (Å²) in [6, 6.07) is 5.66. The second kappa shape index (κ2) is 16.6. The van der Waals surface area contributed by atoms with Crippen LogP contribution in [0.2, 0.25) is 0 Å². The fourth-order valence-electron chi connectivity index (χ4n) is 6.29. The molecular formula is C40H56O4. The highest BCUT2D eigenvalue weighted by Crippen LogP contribution is 2.51. The minimum atomic E-state index is -0.195. The van der Waals surface area contributed by atoms with Gasteiger partial charge in [-0.3, -0.25) is 0 Å². The van der Waals surface area contributed by atoms with E-state index in [-0.39, 0.29) is 29.1 Å². The number of hydrogen-bond acceptors (Lipinski definition) is 4. The number of hydrogen-bond donors (Lipinski definition) is 3. The number of rotatable bonds is 15. The van der Waals surface area contributed by atoms with E-state index in [9.17, 15) is 15.3 Å². The van der Waals surface area contributed by atoms with Crippen LogP contribution in [0.4, 0.5) is 0 Å². The number of aromatic hydroxyl groups is 3. The highest BCUT2D eigenvalue weighted by molar-refractivity contribution is 5.62. The van der Waals surface area contributed by atoms with Crippen LogP contribution >= 0.6 is 0 Å². The highest BCUT2D eigenvalue weighted by Gasteiger charge is 2.32. The third kappa shape index (κ3) is 9.30. The summed E-state index contributed by atoms with van der Waals surface area (Å²) in [6.07, 6.45) is 16.5. The van der Waals surface area contributed by atoms with E-state index in [4.69, 9.17) is 4.74 Å². The Labute approximate surface area is 266 Å². The molecule has 2 aromatic carbocycles. The van der Waals surface area contributed by atoms with Crippen molar-refractivity contribution < 1.29 is 20.1 Å². The molecule has 0 spiro atoms. The topological polar surface area (TPSA) is 69.9 Å². The Morgan fingerprint density at radius 3 is 2.36 bits per heavy atom. The quantitative estimate of drug-likeness (QED) is 0.140. The van der Waals surface area contributed by atoms with E-state index >= 15 is 0 Å². The third-order valence-corrected chi connectivity index (χ3v) is 8.85. The van der Waals surface area contributed by atoms with E-state index in [1.54, 1.807) is 6.07 Å². The zero-order valence-corrected chi connectivity index (χ0v) is 28.4. The molecule has 2 atom stereocenters. The zero-order chi connectivity index (χ0) is 32.4. The first-order chi connectivity index (χ1) is 21.0. The molecule has 0 fully saturated rings. The summed E-state index contributed by atoms with van der Waals surface area (Å²) in [4.78, 5) is 0. The molecular weight excluding hydrogens is 544 g/mol. The summed E-state index contributed by atoms with van der Waals surface area (Å²) in [5.41, 5.74) is 7.82. The lowest BCUT2D eigenvalue weighted by Crippen LogP contribution is -2.17. The van der Waals surface area contributed by atoms with Crippen LogP contribution in [-0.2, 0) is 19.3 Å². The monoisotopic (exact) mass is 600 g/mol. The first-order valence-corrected chi connectivity index (χ1v) is 16.7. The van der Waals surface area contributed by atoms with Gasteiger partial charge in [0.2, 0.25) is 0 Å². The summed E-state index contributed by atoms with van der Waals surface area (Å²) in [7, 11) is 0. The molecule has 0 aliphatic heterocycles. The first-order valence-electron chi connectivity index (χ1n) is 16.7. The van der Waals surface area contributed by atoms with Crippen LogP contribution in [0.3, 0.4) is 0 Å². The fourth-order valence-corrected chi connectivity index (χ4v) is 6.29. The molecule has 0 amide bonds. The van der Waals surface area contributed by atoms with Gasteiger partial charge in [0.25, 0.3) is 0 Å². The number of allylic oxidation sites excluding steroid dienone is 7. The van der Waals surface area contributed by atoms with Crippen molar-refractivity contribution in [2.75, 3.05) is 0 Å². The summed E-state index contributed by atoms with van der Waals surface area (Å²) < 4.78 is 6.70. The van der Waals surface area contributed by atoms with Gasteiger partial charge in [-0.25, -0.2) is 0 Å². The maximum absolute atomic E-state index is 11.9. The number of benzene rings is 2. The molecule has 2 aromatic rings. The van der Waals surface area contributed by atoms with Gasteiger partial charge in [-0.1, -0.05) is 80.2 Å². The molecule has 240 valence electrons. The Morgan fingerprint density at radius 1 is 0.955 bits per heavy atom. The minimum absolute atomic E-state index is 0.0223. The minimum Gasteiger partial charge on any atom is -0.508 e. The van der Waals surface area contributed by atoms with Gasteiger partial charge in [0.05, 0.1) is 0 Å². The average molecular weight is 601 g/mol. The number of phenolic OH excluding ortho intramolecular Hbond substituents is 3. The van der Waals surface area contributed by atoms with Gasteiger partial charge in [-0.15, -0.1) is 0 Å². The van der Waals surface area contributed by atoms with Crippen molar-refractivity contribution in [3.8, 4) is 28.7 Å². The molecule has 0 saturated heterocycles. The van der Waals surface area contributed by atoms with Gasteiger partial charge in [-0.05, 0) is 116 Å². The first kappa shape index (κ1) is 35.1.